The minimum absolute atomic E-state index is 0.114. The number of nitrogens with one attached hydrogen (secondary N) is 3. The molecule has 18 heavy (non-hydrogen) atoms. The molecule has 1 amide bonds. The van der Waals surface area contributed by atoms with Crippen LogP contribution < -0.4 is 16.6 Å². The number of hydrazine groups is 1. The molecule has 1 aliphatic rings. The third-order valence-corrected chi connectivity index (χ3v) is 3.60. The molecular formula is C13H16N4O. The lowest BCUT2D eigenvalue weighted by Crippen LogP contribution is -2.50. The molecule has 0 fully saturated rings. The molecular weight excluding hydrogens is 228 g/mol. The van der Waals surface area contributed by atoms with Gasteiger partial charge in [0.25, 0.3) is 5.91 Å². The maximum atomic E-state index is 11.7. The first-order valence-electron chi connectivity index (χ1n) is 6.06. The van der Waals surface area contributed by atoms with Crippen molar-refractivity contribution in [3.05, 3.63) is 35.5 Å². The molecule has 0 unspecified atom stereocenters. The van der Waals surface area contributed by atoms with E-state index >= 15 is 0 Å². The molecule has 5 nitrogen and oxygen atoms in total. The van der Waals surface area contributed by atoms with E-state index in [4.69, 9.17) is 5.84 Å². The molecule has 0 saturated carbocycles. The van der Waals surface area contributed by atoms with Crippen LogP contribution in [0.5, 0.6) is 0 Å². The number of nitrogens with two attached hydrogens (primary N) is 1. The molecule has 2 heterocycles. The first kappa shape index (κ1) is 11.3. The van der Waals surface area contributed by atoms with Crippen LogP contribution in [0.3, 0.4) is 0 Å². The Kier molecular flexibility index (Phi) is 2.57. The predicted molar refractivity (Wildman–Crippen MR) is 69.7 cm³/mol. The van der Waals surface area contributed by atoms with Crippen molar-refractivity contribution >= 4 is 16.8 Å². The van der Waals surface area contributed by atoms with Crippen molar-refractivity contribution < 1.29 is 4.79 Å². The van der Waals surface area contributed by atoms with Gasteiger partial charge >= 0.3 is 0 Å². The fourth-order valence-corrected chi connectivity index (χ4v) is 2.73. The molecule has 0 spiro atoms. The highest BCUT2D eigenvalue weighted by atomic mass is 16.2. The van der Waals surface area contributed by atoms with Gasteiger partial charge in [-0.1, -0.05) is 18.2 Å². The first-order valence-corrected chi connectivity index (χ1v) is 6.06. The number of benzene rings is 1. The van der Waals surface area contributed by atoms with Gasteiger partial charge in [-0.25, -0.2) is 5.84 Å². The fourth-order valence-electron chi connectivity index (χ4n) is 2.73. The number of hydrogen-bond acceptors (Lipinski definition) is 3. The van der Waals surface area contributed by atoms with Crippen molar-refractivity contribution in [1.82, 2.24) is 15.7 Å². The summed E-state index contributed by atoms with van der Waals surface area (Å²) < 4.78 is 0. The van der Waals surface area contributed by atoms with E-state index in [9.17, 15) is 4.79 Å². The first-order chi connectivity index (χ1) is 8.70. The zero-order valence-corrected chi connectivity index (χ0v) is 10.2. The van der Waals surface area contributed by atoms with Crippen LogP contribution in [0.2, 0.25) is 0 Å². The highest BCUT2D eigenvalue weighted by Gasteiger charge is 2.30. The Labute approximate surface area is 105 Å². The highest BCUT2D eigenvalue weighted by Crippen LogP contribution is 2.31. The average molecular weight is 244 g/mol. The van der Waals surface area contributed by atoms with E-state index in [1.807, 2.05) is 19.1 Å². The number of amides is 1. The summed E-state index contributed by atoms with van der Waals surface area (Å²) in [5.41, 5.74) is 5.71. The van der Waals surface area contributed by atoms with E-state index in [1.165, 1.54) is 10.9 Å². The summed E-state index contributed by atoms with van der Waals surface area (Å²) in [6.45, 7) is 2.05. The lowest BCUT2D eigenvalue weighted by atomic mass is 9.94. The summed E-state index contributed by atoms with van der Waals surface area (Å²) in [5.74, 6) is 5.04. The number of carbonyl (C=O) groups excluding carboxylic acids is 1. The number of H-pyrrole nitrogens is 1. The number of aromatic nitrogens is 1. The largest absolute Gasteiger partial charge is 0.357 e. The maximum Gasteiger partial charge on any atom is 0.251 e. The molecule has 2 atom stereocenters. The Balaban J connectivity index is 2.09. The van der Waals surface area contributed by atoms with Crippen LogP contribution in [0.4, 0.5) is 0 Å². The van der Waals surface area contributed by atoms with Crippen molar-refractivity contribution in [1.29, 1.82) is 0 Å². The number of carbonyl (C=O) groups is 1. The van der Waals surface area contributed by atoms with E-state index in [-0.39, 0.29) is 18.0 Å². The summed E-state index contributed by atoms with van der Waals surface area (Å²) in [4.78, 5) is 15.1. The molecule has 0 saturated heterocycles. The Bertz CT molecular complexity index is 604. The summed E-state index contributed by atoms with van der Waals surface area (Å²) >= 11 is 0. The summed E-state index contributed by atoms with van der Waals surface area (Å²) in [7, 11) is 0. The second-order valence-corrected chi connectivity index (χ2v) is 4.72. The topological polar surface area (TPSA) is 82.9 Å². The van der Waals surface area contributed by atoms with Gasteiger partial charge in [0.05, 0.1) is 6.04 Å². The van der Waals surface area contributed by atoms with Gasteiger partial charge in [-0.2, -0.15) is 0 Å². The van der Waals surface area contributed by atoms with Crippen LogP contribution in [0.15, 0.2) is 24.3 Å². The Morgan fingerprint density at radius 3 is 3.00 bits per heavy atom. The maximum absolute atomic E-state index is 11.7. The minimum atomic E-state index is -0.267. The molecule has 3 rings (SSSR count). The lowest BCUT2D eigenvalue weighted by molar-refractivity contribution is -0.123. The van der Waals surface area contributed by atoms with Crippen LogP contribution in [0.25, 0.3) is 10.9 Å². The number of para-hydroxylation sites is 1. The van der Waals surface area contributed by atoms with E-state index in [0.29, 0.717) is 6.42 Å². The standard InChI is InChI=1S/C13H16N4O/c1-7-12-9(6-11(15-7)13(18)17-14)8-4-2-3-5-10(8)16-12/h2-5,7,11,15-16H,6,14H2,1H3,(H,17,18)/t7-,11-/m0/s1. The number of rotatable bonds is 1. The monoisotopic (exact) mass is 244 g/mol. The van der Waals surface area contributed by atoms with Crippen molar-refractivity contribution in [2.24, 2.45) is 5.84 Å². The molecule has 0 bridgehead atoms. The van der Waals surface area contributed by atoms with Gasteiger partial charge < -0.3 is 4.98 Å². The number of fused-ring (bicyclic) bond motifs is 3. The fraction of sp³-hybridized carbons (Fsp3) is 0.308. The smallest absolute Gasteiger partial charge is 0.251 e. The third kappa shape index (κ3) is 1.60. The molecule has 94 valence electrons. The summed E-state index contributed by atoms with van der Waals surface area (Å²) in [6.07, 6.45) is 0.659. The minimum Gasteiger partial charge on any atom is -0.357 e. The van der Waals surface area contributed by atoms with Crippen LogP contribution in [0, 0.1) is 0 Å². The summed E-state index contributed by atoms with van der Waals surface area (Å²) in [6, 6.07) is 8.01. The third-order valence-electron chi connectivity index (χ3n) is 3.60. The van der Waals surface area contributed by atoms with Gasteiger partial charge in [0.2, 0.25) is 0 Å². The Morgan fingerprint density at radius 2 is 2.22 bits per heavy atom. The number of hydrogen-bond donors (Lipinski definition) is 4. The lowest BCUT2D eigenvalue weighted by Gasteiger charge is -2.27. The molecule has 0 aliphatic carbocycles. The van der Waals surface area contributed by atoms with E-state index < -0.39 is 0 Å². The Morgan fingerprint density at radius 1 is 1.44 bits per heavy atom. The van der Waals surface area contributed by atoms with Gasteiger partial charge in [-0.3, -0.25) is 15.5 Å². The quantitative estimate of drug-likeness (QED) is 0.339. The van der Waals surface area contributed by atoms with Crippen molar-refractivity contribution in [2.45, 2.75) is 25.4 Å². The van der Waals surface area contributed by atoms with Gasteiger partial charge in [-0.15, -0.1) is 0 Å². The normalized spacial score (nSPS) is 22.8. The van der Waals surface area contributed by atoms with Gasteiger partial charge in [0.15, 0.2) is 0 Å². The molecule has 5 heteroatoms. The highest BCUT2D eigenvalue weighted by molar-refractivity contribution is 5.88. The zero-order chi connectivity index (χ0) is 12.7. The molecule has 0 radical (unpaired) electrons. The molecule has 1 aliphatic heterocycles. The Hall–Kier alpha value is -1.85. The molecule has 1 aromatic heterocycles. The second kappa shape index (κ2) is 4.12. The zero-order valence-electron chi connectivity index (χ0n) is 10.2. The average Bonchev–Trinajstić information content (AvgIpc) is 2.77. The van der Waals surface area contributed by atoms with E-state index in [2.05, 4.69) is 27.9 Å². The SMILES string of the molecule is C[C@@H]1N[C@H](C(=O)NN)Cc2c1[nH]c1ccccc21. The summed E-state index contributed by atoms with van der Waals surface area (Å²) in [5, 5.41) is 4.45. The molecule has 5 N–H and O–H groups in total. The van der Waals surface area contributed by atoms with Crippen molar-refractivity contribution in [2.75, 3.05) is 0 Å². The predicted octanol–water partition coefficient (Wildman–Crippen LogP) is 0.733. The van der Waals surface area contributed by atoms with Gasteiger partial charge in [0.1, 0.15) is 0 Å². The second-order valence-electron chi connectivity index (χ2n) is 4.72. The molecule has 1 aromatic carbocycles. The van der Waals surface area contributed by atoms with Gasteiger partial charge in [0, 0.05) is 22.6 Å². The van der Waals surface area contributed by atoms with Gasteiger partial charge in [-0.05, 0) is 25.0 Å². The van der Waals surface area contributed by atoms with E-state index in [1.54, 1.807) is 0 Å². The van der Waals surface area contributed by atoms with Crippen LogP contribution in [-0.2, 0) is 11.2 Å². The number of aromatic amines is 1. The van der Waals surface area contributed by atoms with E-state index in [0.717, 1.165) is 11.2 Å². The van der Waals surface area contributed by atoms with Crippen molar-refractivity contribution in [3.63, 3.8) is 0 Å². The molecule has 2 aromatic rings. The van der Waals surface area contributed by atoms with Crippen LogP contribution >= 0.6 is 0 Å². The van der Waals surface area contributed by atoms with Crippen LogP contribution in [0.1, 0.15) is 24.2 Å². The van der Waals surface area contributed by atoms with Crippen molar-refractivity contribution in [3.8, 4) is 0 Å². The van der Waals surface area contributed by atoms with Crippen LogP contribution in [-0.4, -0.2) is 16.9 Å².